The summed E-state index contributed by atoms with van der Waals surface area (Å²) in [5, 5.41) is 9.78. The van der Waals surface area contributed by atoms with Gasteiger partial charge < -0.3 is 15.1 Å². The molecule has 7 heteroatoms. The van der Waals surface area contributed by atoms with Crippen molar-refractivity contribution in [1.29, 1.82) is 0 Å². The van der Waals surface area contributed by atoms with Crippen molar-refractivity contribution in [3.63, 3.8) is 0 Å². The number of nitrogens with one attached hydrogen (secondary N) is 2. The number of aromatic amines is 1. The quantitative estimate of drug-likeness (QED) is 0.839. The Morgan fingerprint density at radius 3 is 2.48 bits per heavy atom. The van der Waals surface area contributed by atoms with Gasteiger partial charge in [0.15, 0.2) is 0 Å². The minimum atomic E-state index is 0.0290. The number of carbonyl (C=O) groups excluding carboxylic acids is 2. The number of H-pyrrole nitrogens is 1. The second-order valence-electron chi connectivity index (χ2n) is 5.76. The Bertz CT molecular complexity index is 540. The number of aromatic nitrogens is 2. The fourth-order valence-electron chi connectivity index (χ4n) is 3.24. The second kappa shape index (κ2) is 5.38. The second-order valence-corrected chi connectivity index (χ2v) is 5.76. The first kappa shape index (κ1) is 13.9. The summed E-state index contributed by atoms with van der Waals surface area (Å²) >= 11 is 0. The van der Waals surface area contributed by atoms with Gasteiger partial charge in [0.2, 0.25) is 0 Å². The van der Waals surface area contributed by atoms with E-state index in [1.54, 1.807) is 0 Å². The standard InChI is InChI=1S/C14H21N5O2/c1-9-12(10(2)17-16-9)13(20)18-6-3-11(4-7-18)19-8-5-15-14(19)21/h11H,3-8H2,1-2H3,(H,15,21)(H,16,17). The summed E-state index contributed by atoms with van der Waals surface area (Å²) in [5.74, 6) is 0.0445. The third kappa shape index (κ3) is 2.48. The maximum atomic E-state index is 12.6. The lowest BCUT2D eigenvalue weighted by atomic mass is 10.0. The Balaban J connectivity index is 1.63. The average molecular weight is 291 g/mol. The topological polar surface area (TPSA) is 81.3 Å². The summed E-state index contributed by atoms with van der Waals surface area (Å²) in [4.78, 5) is 28.0. The molecule has 0 atom stereocenters. The normalized spacial score (nSPS) is 20.0. The third-order valence-corrected chi connectivity index (χ3v) is 4.42. The van der Waals surface area contributed by atoms with Crippen LogP contribution in [0, 0.1) is 13.8 Å². The van der Waals surface area contributed by atoms with Crippen molar-refractivity contribution in [1.82, 2.24) is 25.3 Å². The summed E-state index contributed by atoms with van der Waals surface area (Å²) in [6, 6.07) is 0.282. The highest BCUT2D eigenvalue weighted by Crippen LogP contribution is 2.21. The third-order valence-electron chi connectivity index (χ3n) is 4.42. The van der Waals surface area contributed by atoms with Crippen LogP contribution in [0.2, 0.25) is 0 Å². The van der Waals surface area contributed by atoms with Crippen molar-refractivity contribution in [2.45, 2.75) is 32.7 Å². The van der Waals surface area contributed by atoms with Gasteiger partial charge in [-0.2, -0.15) is 5.10 Å². The van der Waals surface area contributed by atoms with E-state index in [9.17, 15) is 9.59 Å². The van der Waals surface area contributed by atoms with Gasteiger partial charge in [0.05, 0.1) is 11.3 Å². The molecule has 0 unspecified atom stereocenters. The molecule has 3 heterocycles. The van der Waals surface area contributed by atoms with E-state index in [0.717, 1.165) is 37.3 Å². The Hall–Kier alpha value is -2.05. The van der Waals surface area contributed by atoms with Gasteiger partial charge in [0, 0.05) is 37.9 Å². The number of carbonyl (C=O) groups is 2. The fourth-order valence-corrected chi connectivity index (χ4v) is 3.24. The van der Waals surface area contributed by atoms with Crippen LogP contribution in [0.5, 0.6) is 0 Å². The van der Waals surface area contributed by atoms with E-state index in [1.165, 1.54) is 0 Å². The predicted molar refractivity (Wildman–Crippen MR) is 77.1 cm³/mol. The highest BCUT2D eigenvalue weighted by molar-refractivity contribution is 5.96. The molecule has 0 radical (unpaired) electrons. The largest absolute Gasteiger partial charge is 0.338 e. The smallest absolute Gasteiger partial charge is 0.317 e. The summed E-state index contributed by atoms with van der Waals surface area (Å²) in [6.45, 7) is 6.60. The van der Waals surface area contributed by atoms with E-state index in [1.807, 2.05) is 23.6 Å². The molecule has 0 aliphatic carbocycles. The number of piperidine rings is 1. The molecule has 1 aromatic heterocycles. The number of likely N-dealkylation sites (tertiary alicyclic amines) is 1. The lowest BCUT2D eigenvalue weighted by Crippen LogP contribution is -2.47. The van der Waals surface area contributed by atoms with Gasteiger partial charge in [0.1, 0.15) is 0 Å². The maximum absolute atomic E-state index is 12.6. The Labute approximate surface area is 123 Å². The van der Waals surface area contributed by atoms with Gasteiger partial charge in [-0.15, -0.1) is 0 Å². The van der Waals surface area contributed by atoms with Gasteiger partial charge in [-0.05, 0) is 26.7 Å². The molecule has 3 amide bonds. The Morgan fingerprint density at radius 2 is 1.95 bits per heavy atom. The highest BCUT2D eigenvalue weighted by Gasteiger charge is 2.32. The van der Waals surface area contributed by atoms with E-state index >= 15 is 0 Å². The van der Waals surface area contributed by atoms with Crippen LogP contribution < -0.4 is 5.32 Å². The van der Waals surface area contributed by atoms with Crippen LogP contribution in [-0.4, -0.2) is 64.2 Å². The maximum Gasteiger partial charge on any atom is 0.317 e. The summed E-state index contributed by atoms with van der Waals surface area (Å²) in [6.07, 6.45) is 1.68. The summed E-state index contributed by atoms with van der Waals surface area (Å²) < 4.78 is 0. The molecule has 2 N–H and O–H groups in total. The summed E-state index contributed by atoms with van der Waals surface area (Å²) in [5.41, 5.74) is 2.25. The number of aryl methyl sites for hydroxylation is 2. The number of amides is 3. The van der Waals surface area contributed by atoms with Crippen LogP contribution in [0.3, 0.4) is 0 Å². The number of rotatable bonds is 2. The monoisotopic (exact) mass is 291 g/mol. The Kier molecular flexibility index (Phi) is 3.57. The van der Waals surface area contributed by atoms with Crippen LogP contribution in [0.15, 0.2) is 0 Å². The molecular formula is C14H21N5O2. The van der Waals surface area contributed by atoms with E-state index in [4.69, 9.17) is 0 Å². The molecule has 3 rings (SSSR count). The first-order valence-electron chi connectivity index (χ1n) is 7.43. The molecule has 21 heavy (non-hydrogen) atoms. The molecule has 7 nitrogen and oxygen atoms in total. The van der Waals surface area contributed by atoms with E-state index < -0.39 is 0 Å². The molecular weight excluding hydrogens is 270 g/mol. The zero-order chi connectivity index (χ0) is 15.0. The minimum Gasteiger partial charge on any atom is -0.338 e. The lowest BCUT2D eigenvalue weighted by Gasteiger charge is -2.36. The number of hydrogen-bond acceptors (Lipinski definition) is 3. The van der Waals surface area contributed by atoms with Crippen LogP contribution in [0.4, 0.5) is 4.79 Å². The van der Waals surface area contributed by atoms with Crippen LogP contribution in [0.25, 0.3) is 0 Å². The van der Waals surface area contributed by atoms with Gasteiger partial charge in [-0.25, -0.2) is 4.79 Å². The zero-order valence-electron chi connectivity index (χ0n) is 12.5. The zero-order valence-corrected chi connectivity index (χ0v) is 12.5. The van der Waals surface area contributed by atoms with E-state index in [-0.39, 0.29) is 18.0 Å². The first-order valence-corrected chi connectivity index (χ1v) is 7.43. The highest BCUT2D eigenvalue weighted by atomic mass is 16.2. The average Bonchev–Trinajstić information content (AvgIpc) is 3.05. The van der Waals surface area contributed by atoms with Crippen molar-refractivity contribution in [2.24, 2.45) is 0 Å². The first-order chi connectivity index (χ1) is 10.1. The number of nitrogens with zero attached hydrogens (tertiary/aromatic N) is 3. The van der Waals surface area contributed by atoms with Crippen LogP contribution >= 0.6 is 0 Å². The number of urea groups is 1. The van der Waals surface area contributed by atoms with E-state index in [2.05, 4.69) is 15.5 Å². The fraction of sp³-hybridized carbons (Fsp3) is 0.643. The van der Waals surface area contributed by atoms with Crippen molar-refractivity contribution >= 4 is 11.9 Å². The predicted octanol–water partition coefficient (Wildman–Crippen LogP) is 0.656. The SMILES string of the molecule is Cc1n[nH]c(C)c1C(=O)N1CCC(N2CCNC2=O)CC1. The molecule has 2 fully saturated rings. The van der Waals surface area contributed by atoms with Gasteiger partial charge >= 0.3 is 6.03 Å². The molecule has 1 aromatic rings. The minimum absolute atomic E-state index is 0.0290. The van der Waals surface area contributed by atoms with Crippen molar-refractivity contribution in [2.75, 3.05) is 26.2 Å². The molecule has 0 saturated carbocycles. The molecule has 0 spiro atoms. The molecule has 2 aliphatic rings. The van der Waals surface area contributed by atoms with Gasteiger partial charge in [-0.3, -0.25) is 9.89 Å². The van der Waals surface area contributed by atoms with Gasteiger partial charge in [-0.1, -0.05) is 0 Å². The van der Waals surface area contributed by atoms with Crippen molar-refractivity contribution < 1.29 is 9.59 Å². The van der Waals surface area contributed by atoms with Crippen LogP contribution in [0.1, 0.15) is 34.6 Å². The van der Waals surface area contributed by atoms with Crippen LogP contribution in [-0.2, 0) is 0 Å². The number of hydrogen-bond donors (Lipinski definition) is 2. The molecule has 2 saturated heterocycles. The van der Waals surface area contributed by atoms with E-state index in [0.29, 0.717) is 18.7 Å². The van der Waals surface area contributed by atoms with Gasteiger partial charge in [0.25, 0.3) is 5.91 Å². The lowest BCUT2D eigenvalue weighted by molar-refractivity contribution is 0.0665. The van der Waals surface area contributed by atoms with Crippen molar-refractivity contribution in [3.8, 4) is 0 Å². The molecule has 0 aromatic carbocycles. The summed E-state index contributed by atoms with van der Waals surface area (Å²) in [7, 11) is 0. The Morgan fingerprint density at radius 1 is 1.24 bits per heavy atom. The molecule has 0 bridgehead atoms. The molecule has 114 valence electrons. The molecule has 2 aliphatic heterocycles. The van der Waals surface area contributed by atoms with Crippen molar-refractivity contribution in [3.05, 3.63) is 17.0 Å².